The number of carboxylic acid groups (broad SMARTS) is 1. The smallest absolute Gasteiger partial charge is 0.326 e. The average Bonchev–Trinajstić information content (AvgIpc) is 2.88. The highest BCUT2D eigenvalue weighted by atomic mass is 32.2. The van der Waals surface area contributed by atoms with Gasteiger partial charge in [0.1, 0.15) is 6.04 Å². The van der Waals surface area contributed by atoms with E-state index < -0.39 is 12.0 Å². The summed E-state index contributed by atoms with van der Waals surface area (Å²) in [5.41, 5.74) is 0. The van der Waals surface area contributed by atoms with Crippen LogP contribution in [0.2, 0.25) is 0 Å². The summed E-state index contributed by atoms with van der Waals surface area (Å²) in [6.45, 7) is 2.16. The number of aliphatic carboxylic acids is 1. The fourth-order valence-corrected chi connectivity index (χ4v) is 4.82. The normalized spacial score (nSPS) is 33.9. The molecular formula is C14H22N2O3S. The number of hydrogen-bond donors (Lipinski definition) is 1. The number of hydrogen-bond acceptors (Lipinski definition) is 3. The molecule has 0 bridgehead atoms. The van der Waals surface area contributed by atoms with Gasteiger partial charge in [0.05, 0.1) is 0 Å². The van der Waals surface area contributed by atoms with Crippen molar-refractivity contribution in [1.82, 2.24) is 9.80 Å². The topological polar surface area (TPSA) is 60.9 Å². The lowest BCUT2D eigenvalue weighted by Crippen LogP contribution is -2.50. The molecule has 3 aliphatic rings. The Morgan fingerprint density at radius 1 is 1.10 bits per heavy atom. The molecule has 2 heterocycles. The predicted octanol–water partition coefficient (Wildman–Crippen LogP) is 1.73. The Kier molecular flexibility index (Phi) is 4.10. The minimum absolute atomic E-state index is 0.0469. The Bertz CT molecular complexity index is 396. The zero-order chi connectivity index (χ0) is 14.1. The van der Waals surface area contributed by atoms with Crippen molar-refractivity contribution in [3.05, 3.63) is 0 Å². The van der Waals surface area contributed by atoms with Crippen LogP contribution in [-0.2, 0) is 4.79 Å². The Labute approximate surface area is 123 Å². The quantitative estimate of drug-likeness (QED) is 0.801. The summed E-state index contributed by atoms with van der Waals surface area (Å²) in [4.78, 5) is 27.8. The molecule has 3 atom stereocenters. The van der Waals surface area contributed by atoms with E-state index in [1.165, 1.54) is 0 Å². The van der Waals surface area contributed by atoms with Gasteiger partial charge in [-0.1, -0.05) is 6.42 Å². The van der Waals surface area contributed by atoms with Crippen LogP contribution in [0.25, 0.3) is 0 Å². The number of nitrogens with zero attached hydrogens (tertiary/aromatic N) is 2. The van der Waals surface area contributed by atoms with E-state index in [4.69, 9.17) is 0 Å². The highest BCUT2D eigenvalue weighted by molar-refractivity contribution is 7.99. The number of likely N-dealkylation sites (tertiary alicyclic amines) is 1. The van der Waals surface area contributed by atoms with Crippen molar-refractivity contribution in [2.75, 3.05) is 31.1 Å². The van der Waals surface area contributed by atoms with E-state index in [0.29, 0.717) is 12.5 Å². The third-order valence-electron chi connectivity index (χ3n) is 4.88. The molecule has 1 N–H and O–H groups in total. The molecular weight excluding hydrogens is 276 g/mol. The molecule has 0 spiro atoms. The van der Waals surface area contributed by atoms with Crippen molar-refractivity contribution in [3.8, 4) is 0 Å². The molecule has 0 radical (unpaired) electrons. The zero-order valence-corrected chi connectivity index (χ0v) is 12.5. The lowest BCUT2D eigenvalue weighted by molar-refractivity contribution is -0.142. The second-order valence-corrected chi connectivity index (χ2v) is 7.25. The third-order valence-corrected chi connectivity index (χ3v) is 5.93. The van der Waals surface area contributed by atoms with E-state index in [9.17, 15) is 14.7 Å². The predicted molar refractivity (Wildman–Crippen MR) is 77.9 cm³/mol. The monoisotopic (exact) mass is 298 g/mol. The number of carbonyl (C=O) groups excluding carboxylic acids is 1. The van der Waals surface area contributed by atoms with E-state index in [2.05, 4.69) is 0 Å². The average molecular weight is 298 g/mol. The van der Waals surface area contributed by atoms with Gasteiger partial charge in [-0.25, -0.2) is 9.59 Å². The van der Waals surface area contributed by atoms with Crippen molar-refractivity contribution in [2.24, 2.45) is 11.8 Å². The zero-order valence-electron chi connectivity index (χ0n) is 11.7. The highest BCUT2D eigenvalue weighted by Gasteiger charge is 2.50. The Hall–Kier alpha value is -0.910. The van der Waals surface area contributed by atoms with E-state index >= 15 is 0 Å². The summed E-state index contributed by atoms with van der Waals surface area (Å²) in [5, 5.41) is 9.52. The standard InChI is InChI=1S/C14H22N2O3S/c17-13(18)12-11-4-1-3-10(11)9-16(12)14(19)15-5-2-7-20-8-6-15/h10-12H,1-9H2,(H,17,18). The molecule has 2 aliphatic heterocycles. The summed E-state index contributed by atoms with van der Waals surface area (Å²) in [5.74, 6) is 1.82. The maximum absolute atomic E-state index is 12.7. The molecule has 2 saturated heterocycles. The van der Waals surface area contributed by atoms with Gasteiger partial charge in [-0.05, 0) is 36.9 Å². The second kappa shape index (κ2) is 5.84. The summed E-state index contributed by atoms with van der Waals surface area (Å²) >= 11 is 1.87. The lowest BCUT2D eigenvalue weighted by Gasteiger charge is -2.30. The van der Waals surface area contributed by atoms with Gasteiger partial charge < -0.3 is 14.9 Å². The number of carboxylic acids is 1. The second-order valence-electron chi connectivity index (χ2n) is 6.03. The molecule has 5 nitrogen and oxygen atoms in total. The van der Waals surface area contributed by atoms with Crippen LogP contribution in [0.4, 0.5) is 4.79 Å². The van der Waals surface area contributed by atoms with E-state index in [-0.39, 0.29) is 11.9 Å². The molecule has 6 heteroatoms. The molecule has 1 aliphatic carbocycles. The number of fused-ring (bicyclic) bond motifs is 1. The molecule has 2 amide bonds. The van der Waals surface area contributed by atoms with Gasteiger partial charge in [-0.15, -0.1) is 0 Å². The van der Waals surface area contributed by atoms with Crippen LogP contribution >= 0.6 is 11.8 Å². The number of carbonyl (C=O) groups is 2. The molecule has 0 aromatic rings. The van der Waals surface area contributed by atoms with Crippen molar-refractivity contribution < 1.29 is 14.7 Å². The summed E-state index contributed by atoms with van der Waals surface area (Å²) < 4.78 is 0. The van der Waals surface area contributed by atoms with E-state index in [0.717, 1.165) is 50.3 Å². The summed E-state index contributed by atoms with van der Waals surface area (Å²) in [6, 6.07) is -0.639. The summed E-state index contributed by atoms with van der Waals surface area (Å²) in [6.07, 6.45) is 4.16. The van der Waals surface area contributed by atoms with Crippen molar-refractivity contribution >= 4 is 23.8 Å². The van der Waals surface area contributed by atoms with Crippen LogP contribution in [-0.4, -0.2) is 64.1 Å². The number of urea groups is 1. The molecule has 20 heavy (non-hydrogen) atoms. The lowest BCUT2D eigenvalue weighted by atomic mass is 9.94. The maximum atomic E-state index is 12.7. The molecule has 112 valence electrons. The summed E-state index contributed by atoms with van der Waals surface area (Å²) in [7, 11) is 0. The van der Waals surface area contributed by atoms with Crippen LogP contribution < -0.4 is 0 Å². The molecule has 1 saturated carbocycles. The van der Waals surface area contributed by atoms with Crippen molar-refractivity contribution in [2.45, 2.75) is 31.7 Å². The first-order chi connectivity index (χ1) is 9.68. The van der Waals surface area contributed by atoms with Gasteiger partial charge in [0.15, 0.2) is 0 Å². The number of rotatable bonds is 1. The van der Waals surface area contributed by atoms with E-state index in [1.54, 1.807) is 4.90 Å². The largest absolute Gasteiger partial charge is 0.480 e. The van der Waals surface area contributed by atoms with Gasteiger partial charge in [0.2, 0.25) is 0 Å². The van der Waals surface area contributed by atoms with Crippen LogP contribution in [0.3, 0.4) is 0 Å². The van der Waals surface area contributed by atoms with Crippen LogP contribution in [0, 0.1) is 11.8 Å². The first kappa shape index (κ1) is 14.0. The van der Waals surface area contributed by atoms with Gasteiger partial charge >= 0.3 is 12.0 Å². The van der Waals surface area contributed by atoms with Crippen LogP contribution in [0.5, 0.6) is 0 Å². The van der Waals surface area contributed by atoms with Gasteiger partial charge in [-0.2, -0.15) is 11.8 Å². The molecule has 0 aromatic carbocycles. The Morgan fingerprint density at radius 2 is 1.95 bits per heavy atom. The fourth-order valence-electron chi connectivity index (χ4n) is 3.94. The SMILES string of the molecule is O=C(O)C1C2CCCC2CN1C(=O)N1CCCSCC1. The van der Waals surface area contributed by atoms with Gasteiger partial charge in [0.25, 0.3) is 0 Å². The number of amides is 2. The minimum Gasteiger partial charge on any atom is -0.480 e. The van der Waals surface area contributed by atoms with Crippen molar-refractivity contribution in [1.29, 1.82) is 0 Å². The fraction of sp³-hybridized carbons (Fsp3) is 0.857. The molecule has 0 aromatic heterocycles. The highest BCUT2D eigenvalue weighted by Crippen LogP contribution is 2.42. The van der Waals surface area contributed by atoms with Crippen molar-refractivity contribution in [3.63, 3.8) is 0 Å². The van der Waals surface area contributed by atoms with Crippen LogP contribution in [0.15, 0.2) is 0 Å². The maximum Gasteiger partial charge on any atom is 0.326 e. The third kappa shape index (κ3) is 2.50. The van der Waals surface area contributed by atoms with Gasteiger partial charge in [0, 0.05) is 25.4 Å². The van der Waals surface area contributed by atoms with E-state index in [1.807, 2.05) is 16.7 Å². The number of thioether (sulfide) groups is 1. The van der Waals surface area contributed by atoms with Gasteiger partial charge in [-0.3, -0.25) is 0 Å². The first-order valence-corrected chi connectivity index (χ1v) is 8.70. The minimum atomic E-state index is -0.822. The molecule has 3 fully saturated rings. The molecule has 3 unspecified atom stereocenters. The first-order valence-electron chi connectivity index (χ1n) is 7.54. The van der Waals surface area contributed by atoms with Crippen LogP contribution in [0.1, 0.15) is 25.7 Å². The Morgan fingerprint density at radius 3 is 2.75 bits per heavy atom. The Balaban J connectivity index is 1.74. The molecule has 3 rings (SSSR count).